The van der Waals surface area contributed by atoms with E-state index in [1.54, 1.807) is 13.0 Å². The molecule has 0 bridgehead atoms. The van der Waals surface area contributed by atoms with Gasteiger partial charge < -0.3 is 10.0 Å². The Kier molecular flexibility index (Phi) is 3.40. The number of anilines is 1. The van der Waals surface area contributed by atoms with E-state index in [-0.39, 0.29) is 11.3 Å². The SMILES string of the molecule is CC1(O)CCCN(c2ccc([N+](=O)[O-])c(C#N)c2)C1. The Bertz CT molecular complexity index is 549. The van der Waals surface area contributed by atoms with Crippen LogP contribution in [-0.4, -0.2) is 28.7 Å². The number of nitro groups is 1. The summed E-state index contributed by atoms with van der Waals surface area (Å²) in [5, 5.41) is 29.8. The van der Waals surface area contributed by atoms with Crippen LogP contribution in [0.25, 0.3) is 0 Å². The third-order valence-corrected chi connectivity index (χ3v) is 3.34. The van der Waals surface area contributed by atoms with E-state index in [4.69, 9.17) is 5.26 Å². The van der Waals surface area contributed by atoms with Crippen molar-refractivity contribution in [1.29, 1.82) is 5.26 Å². The number of rotatable bonds is 2. The average Bonchev–Trinajstić information content (AvgIpc) is 2.36. The van der Waals surface area contributed by atoms with Crippen LogP contribution in [0.4, 0.5) is 11.4 Å². The van der Waals surface area contributed by atoms with Gasteiger partial charge in [-0.2, -0.15) is 5.26 Å². The minimum Gasteiger partial charge on any atom is -0.388 e. The van der Waals surface area contributed by atoms with Gasteiger partial charge in [0.1, 0.15) is 11.6 Å². The van der Waals surface area contributed by atoms with E-state index >= 15 is 0 Å². The predicted molar refractivity (Wildman–Crippen MR) is 69.9 cm³/mol. The monoisotopic (exact) mass is 261 g/mol. The Labute approximate surface area is 111 Å². The van der Waals surface area contributed by atoms with Crippen LogP contribution in [-0.2, 0) is 0 Å². The molecule has 1 atom stereocenters. The predicted octanol–water partition coefficient (Wildman–Crippen LogP) is 1.82. The van der Waals surface area contributed by atoms with Gasteiger partial charge in [-0.25, -0.2) is 0 Å². The standard InChI is InChI=1S/C13H15N3O3/c1-13(17)5-2-6-15(9-13)11-3-4-12(16(18)19)10(7-11)8-14/h3-4,7,17H,2,5-6,9H2,1H3. The molecule has 1 heterocycles. The van der Waals surface area contributed by atoms with E-state index < -0.39 is 10.5 Å². The third-order valence-electron chi connectivity index (χ3n) is 3.34. The van der Waals surface area contributed by atoms with Crippen molar-refractivity contribution in [3.63, 3.8) is 0 Å². The lowest BCUT2D eigenvalue weighted by Gasteiger charge is -2.38. The van der Waals surface area contributed by atoms with E-state index in [1.165, 1.54) is 12.1 Å². The molecule has 0 aromatic heterocycles. The summed E-state index contributed by atoms with van der Waals surface area (Å²) in [6, 6.07) is 6.33. The quantitative estimate of drug-likeness (QED) is 0.647. The molecule has 1 unspecified atom stereocenters. The molecule has 0 radical (unpaired) electrons. The summed E-state index contributed by atoms with van der Waals surface area (Å²) in [6.45, 7) is 3.02. The van der Waals surface area contributed by atoms with E-state index in [2.05, 4.69) is 0 Å². The van der Waals surface area contributed by atoms with Crippen LogP contribution in [0, 0.1) is 21.4 Å². The minimum absolute atomic E-state index is 0.0488. The first-order chi connectivity index (χ1) is 8.93. The van der Waals surface area contributed by atoms with Crippen molar-refractivity contribution in [2.75, 3.05) is 18.0 Å². The minimum atomic E-state index is -0.757. The van der Waals surface area contributed by atoms with E-state index in [1.807, 2.05) is 11.0 Å². The molecule has 0 aliphatic carbocycles. The number of hydrogen-bond donors (Lipinski definition) is 1. The lowest BCUT2D eigenvalue weighted by Crippen LogP contribution is -2.46. The van der Waals surface area contributed by atoms with Crippen molar-refractivity contribution in [3.8, 4) is 6.07 Å². The molecular formula is C13H15N3O3. The van der Waals surface area contributed by atoms with Gasteiger partial charge in [0.2, 0.25) is 0 Å². The summed E-state index contributed by atoms with van der Waals surface area (Å²) >= 11 is 0. The molecule has 0 saturated carbocycles. The number of benzene rings is 1. The summed E-state index contributed by atoms with van der Waals surface area (Å²) in [6.07, 6.45) is 1.59. The lowest BCUT2D eigenvalue weighted by molar-refractivity contribution is -0.385. The molecule has 2 rings (SSSR count). The number of nitrogens with zero attached hydrogens (tertiary/aromatic N) is 3. The maximum atomic E-state index is 10.8. The van der Waals surface area contributed by atoms with Crippen molar-refractivity contribution in [1.82, 2.24) is 0 Å². The van der Waals surface area contributed by atoms with Gasteiger partial charge in [-0.3, -0.25) is 10.1 Å². The molecule has 6 heteroatoms. The Morgan fingerprint density at radius 2 is 2.32 bits per heavy atom. The first-order valence-corrected chi connectivity index (χ1v) is 6.09. The van der Waals surface area contributed by atoms with Gasteiger partial charge in [0, 0.05) is 24.8 Å². The van der Waals surface area contributed by atoms with Crippen molar-refractivity contribution in [2.24, 2.45) is 0 Å². The zero-order valence-electron chi connectivity index (χ0n) is 10.7. The third kappa shape index (κ3) is 2.83. The molecule has 19 heavy (non-hydrogen) atoms. The van der Waals surface area contributed by atoms with Crippen molar-refractivity contribution >= 4 is 11.4 Å². The van der Waals surface area contributed by atoms with Gasteiger partial charge in [0.15, 0.2) is 0 Å². The van der Waals surface area contributed by atoms with E-state index in [0.717, 1.165) is 25.1 Å². The molecule has 1 aromatic rings. The topological polar surface area (TPSA) is 90.4 Å². The maximum Gasteiger partial charge on any atom is 0.287 e. The second-order valence-electron chi connectivity index (χ2n) is 5.09. The van der Waals surface area contributed by atoms with Gasteiger partial charge in [-0.15, -0.1) is 0 Å². The summed E-state index contributed by atoms with van der Waals surface area (Å²) in [4.78, 5) is 12.2. The maximum absolute atomic E-state index is 10.8. The fourth-order valence-corrected chi connectivity index (χ4v) is 2.41. The highest BCUT2D eigenvalue weighted by Crippen LogP contribution is 2.29. The molecule has 1 aliphatic heterocycles. The van der Waals surface area contributed by atoms with Crippen LogP contribution in [0.3, 0.4) is 0 Å². The van der Waals surface area contributed by atoms with Gasteiger partial charge in [-0.1, -0.05) is 0 Å². The van der Waals surface area contributed by atoms with Crippen molar-refractivity contribution in [3.05, 3.63) is 33.9 Å². The number of nitriles is 1. The summed E-state index contributed by atoms with van der Waals surface area (Å²) in [5.74, 6) is 0. The second kappa shape index (κ2) is 4.86. The Balaban J connectivity index is 2.31. The molecule has 0 spiro atoms. The molecule has 1 N–H and O–H groups in total. The molecule has 1 fully saturated rings. The highest BCUT2D eigenvalue weighted by Gasteiger charge is 2.29. The molecule has 1 aliphatic rings. The van der Waals surface area contributed by atoms with Crippen LogP contribution >= 0.6 is 0 Å². The average molecular weight is 261 g/mol. The number of β-amino-alcohol motifs (C(OH)–C–C–N with tert-alkyl or cyclic N) is 1. The zero-order chi connectivity index (χ0) is 14.0. The fraction of sp³-hybridized carbons (Fsp3) is 0.462. The summed E-state index contributed by atoms with van der Waals surface area (Å²) in [7, 11) is 0. The Morgan fingerprint density at radius 3 is 2.89 bits per heavy atom. The Morgan fingerprint density at radius 1 is 1.58 bits per heavy atom. The van der Waals surface area contributed by atoms with Crippen LogP contribution in [0.1, 0.15) is 25.3 Å². The molecule has 0 amide bonds. The highest BCUT2D eigenvalue weighted by atomic mass is 16.6. The van der Waals surface area contributed by atoms with Crippen LogP contribution in [0.15, 0.2) is 18.2 Å². The number of piperidine rings is 1. The first-order valence-electron chi connectivity index (χ1n) is 6.09. The van der Waals surface area contributed by atoms with Gasteiger partial charge in [0.25, 0.3) is 5.69 Å². The van der Waals surface area contributed by atoms with Gasteiger partial charge in [-0.05, 0) is 31.9 Å². The summed E-state index contributed by atoms with van der Waals surface area (Å²) < 4.78 is 0. The molecule has 100 valence electrons. The van der Waals surface area contributed by atoms with Crippen LogP contribution in [0.2, 0.25) is 0 Å². The van der Waals surface area contributed by atoms with Gasteiger partial charge >= 0.3 is 0 Å². The van der Waals surface area contributed by atoms with Crippen molar-refractivity contribution < 1.29 is 10.0 Å². The number of aliphatic hydroxyl groups is 1. The largest absolute Gasteiger partial charge is 0.388 e. The zero-order valence-corrected chi connectivity index (χ0v) is 10.7. The molecule has 1 saturated heterocycles. The summed E-state index contributed by atoms with van der Waals surface area (Å²) in [5.41, 5.74) is -0.155. The number of hydrogen-bond acceptors (Lipinski definition) is 5. The normalized spacial score (nSPS) is 22.9. The lowest BCUT2D eigenvalue weighted by atomic mass is 9.94. The van der Waals surface area contributed by atoms with E-state index in [0.29, 0.717) is 6.54 Å². The van der Waals surface area contributed by atoms with E-state index in [9.17, 15) is 15.2 Å². The smallest absolute Gasteiger partial charge is 0.287 e. The highest BCUT2D eigenvalue weighted by molar-refractivity contribution is 5.60. The fourth-order valence-electron chi connectivity index (χ4n) is 2.41. The number of nitro benzene ring substituents is 1. The Hall–Kier alpha value is -2.13. The molecular weight excluding hydrogens is 246 g/mol. The molecule has 6 nitrogen and oxygen atoms in total. The first kappa shape index (κ1) is 13.3. The second-order valence-corrected chi connectivity index (χ2v) is 5.09. The van der Waals surface area contributed by atoms with Crippen LogP contribution < -0.4 is 4.90 Å². The molecule has 1 aromatic carbocycles. The van der Waals surface area contributed by atoms with Crippen LogP contribution in [0.5, 0.6) is 0 Å². The van der Waals surface area contributed by atoms with Crippen molar-refractivity contribution in [2.45, 2.75) is 25.4 Å². The van der Waals surface area contributed by atoms with Gasteiger partial charge in [0.05, 0.1) is 10.5 Å².